The van der Waals surface area contributed by atoms with Gasteiger partial charge in [0, 0.05) is 16.8 Å². The maximum Gasteiger partial charge on any atom is 0.412 e. The second kappa shape index (κ2) is 5.17. The number of anilines is 1. The van der Waals surface area contributed by atoms with Gasteiger partial charge in [0.2, 0.25) is 0 Å². The molecule has 0 aromatic heterocycles. The highest BCUT2D eigenvalue weighted by Gasteiger charge is 2.33. The van der Waals surface area contributed by atoms with E-state index >= 15 is 0 Å². The minimum atomic E-state index is -0.886. The highest BCUT2D eigenvalue weighted by atomic mass is 35.5. The highest BCUT2D eigenvalue weighted by Crippen LogP contribution is 2.33. The maximum atomic E-state index is 11.3. The van der Waals surface area contributed by atoms with Crippen molar-refractivity contribution in [3.05, 3.63) is 53.6 Å². The molecule has 4 heteroatoms. The first-order valence-corrected chi connectivity index (χ1v) is 6.91. The quantitative estimate of drug-likeness (QED) is 0.892. The van der Waals surface area contributed by atoms with E-state index in [-0.39, 0.29) is 6.04 Å². The molecule has 1 fully saturated rings. The predicted octanol–water partition coefficient (Wildman–Crippen LogP) is 4.65. The molecule has 3 rings (SSSR count). The van der Waals surface area contributed by atoms with E-state index in [9.17, 15) is 9.90 Å². The van der Waals surface area contributed by atoms with Gasteiger partial charge in [0.05, 0.1) is 0 Å². The minimum absolute atomic E-state index is 0.143. The van der Waals surface area contributed by atoms with Crippen LogP contribution in [-0.4, -0.2) is 17.2 Å². The van der Waals surface area contributed by atoms with E-state index in [2.05, 4.69) is 0 Å². The molecule has 0 unspecified atom stereocenters. The van der Waals surface area contributed by atoms with Crippen molar-refractivity contribution in [2.75, 3.05) is 4.90 Å². The molecule has 0 heterocycles. The zero-order valence-corrected chi connectivity index (χ0v) is 11.5. The summed E-state index contributed by atoms with van der Waals surface area (Å²) in [4.78, 5) is 12.7. The second-order valence-corrected chi connectivity index (χ2v) is 5.38. The Morgan fingerprint density at radius 2 is 1.80 bits per heavy atom. The molecule has 0 spiro atoms. The van der Waals surface area contributed by atoms with Crippen molar-refractivity contribution in [2.45, 2.75) is 18.9 Å². The Bertz CT molecular complexity index is 635. The summed E-state index contributed by atoms with van der Waals surface area (Å²) in [6.07, 6.45) is 1.01. The van der Waals surface area contributed by atoms with E-state index in [0.29, 0.717) is 5.02 Å². The molecule has 20 heavy (non-hydrogen) atoms. The van der Waals surface area contributed by atoms with Crippen molar-refractivity contribution < 1.29 is 9.90 Å². The van der Waals surface area contributed by atoms with E-state index in [1.807, 2.05) is 48.5 Å². The Balaban J connectivity index is 1.89. The normalized spacial score (nSPS) is 14.1. The van der Waals surface area contributed by atoms with Gasteiger partial charge in [0.1, 0.15) is 0 Å². The van der Waals surface area contributed by atoms with Crippen LogP contribution < -0.4 is 4.90 Å². The number of amides is 1. The molecule has 1 aliphatic carbocycles. The van der Waals surface area contributed by atoms with Crippen molar-refractivity contribution in [3.8, 4) is 11.1 Å². The van der Waals surface area contributed by atoms with Gasteiger partial charge < -0.3 is 5.11 Å². The van der Waals surface area contributed by atoms with Crippen molar-refractivity contribution in [1.29, 1.82) is 0 Å². The number of nitrogens with zero attached hydrogens (tertiary/aromatic N) is 1. The molecule has 0 aliphatic heterocycles. The lowest BCUT2D eigenvalue weighted by Crippen LogP contribution is -2.31. The smallest absolute Gasteiger partial charge is 0.412 e. The van der Waals surface area contributed by atoms with Gasteiger partial charge in [-0.2, -0.15) is 0 Å². The summed E-state index contributed by atoms with van der Waals surface area (Å²) in [6.45, 7) is 0. The van der Waals surface area contributed by atoms with E-state index < -0.39 is 6.09 Å². The molecular weight excluding hydrogens is 274 g/mol. The lowest BCUT2D eigenvalue weighted by Gasteiger charge is -2.18. The number of benzene rings is 2. The molecule has 102 valence electrons. The molecule has 2 aromatic carbocycles. The number of carbonyl (C=O) groups is 1. The maximum absolute atomic E-state index is 11.3. The second-order valence-electron chi connectivity index (χ2n) is 4.94. The molecule has 2 aromatic rings. The third kappa shape index (κ3) is 2.63. The van der Waals surface area contributed by atoms with Crippen LogP contribution in [0.15, 0.2) is 48.5 Å². The number of halogens is 1. The summed E-state index contributed by atoms with van der Waals surface area (Å²) in [5.41, 5.74) is 2.78. The first-order chi connectivity index (χ1) is 9.65. The highest BCUT2D eigenvalue weighted by molar-refractivity contribution is 6.30. The minimum Gasteiger partial charge on any atom is -0.465 e. The molecule has 3 nitrogen and oxygen atoms in total. The van der Waals surface area contributed by atoms with Gasteiger partial charge >= 0.3 is 6.09 Å². The molecule has 0 saturated heterocycles. The zero-order chi connectivity index (χ0) is 14.1. The molecule has 0 radical (unpaired) electrons. The van der Waals surface area contributed by atoms with Crippen LogP contribution >= 0.6 is 11.6 Å². The van der Waals surface area contributed by atoms with Crippen LogP contribution in [0, 0.1) is 0 Å². The summed E-state index contributed by atoms with van der Waals surface area (Å²) in [6, 6.07) is 15.3. The Hall–Kier alpha value is -2.00. The van der Waals surface area contributed by atoms with E-state index in [4.69, 9.17) is 11.6 Å². The number of carboxylic acid groups (broad SMARTS) is 1. The summed E-state index contributed by atoms with van der Waals surface area (Å²) in [7, 11) is 0. The fourth-order valence-electron chi connectivity index (χ4n) is 2.29. The summed E-state index contributed by atoms with van der Waals surface area (Å²) >= 11 is 5.98. The fourth-order valence-corrected chi connectivity index (χ4v) is 2.48. The number of hydrogen-bond donors (Lipinski definition) is 1. The van der Waals surface area contributed by atoms with Gasteiger partial charge in [0.15, 0.2) is 0 Å². The fraction of sp³-hybridized carbons (Fsp3) is 0.188. The van der Waals surface area contributed by atoms with Crippen LogP contribution in [0.4, 0.5) is 10.5 Å². The molecule has 0 bridgehead atoms. The van der Waals surface area contributed by atoms with Gasteiger partial charge in [-0.15, -0.1) is 0 Å². The van der Waals surface area contributed by atoms with Crippen LogP contribution in [-0.2, 0) is 0 Å². The Morgan fingerprint density at radius 3 is 2.35 bits per heavy atom. The van der Waals surface area contributed by atoms with Crippen LogP contribution in [0.2, 0.25) is 5.02 Å². The van der Waals surface area contributed by atoms with Crippen LogP contribution in [0.5, 0.6) is 0 Å². The van der Waals surface area contributed by atoms with Gasteiger partial charge in [0.25, 0.3) is 0 Å². The lowest BCUT2D eigenvalue weighted by atomic mass is 10.1. The monoisotopic (exact) mass is 287 g/mol. The van der Waals surface area contributed by atoms with Crippen molar-refractivity contribution in [2.24, 2.45) is 0 Å². The van der Waals surface area contributed by atoms with Gasteiger partial charge in [-0.25, -0.2) is 4.79 Å². The van der Waals surface area contributed by atoms with Crippen LogP contribution in [0.3, 0.4) is 0 Å². The Labute approximate surface area is 122 Å². The van der Waals surface area contributed by atoms with Gasteiger partial charge in [-0.1, -0.05) is 35.9 Å². The summed E-state index contributed by atoms with van der Waals surface area (Å²) < 4.78 is 0. The van der Waals surface area contributed by atoms with Crippen LogP contribution in [0.1, 0.15) is 12.8 Å². The Kier molecular flexibility index (Phi) is 3.36. The number of rotatable bonds is 3. The SMILES string of the molecule is O=C(O)N(c1ccc(-c2cccc(Cl)c2)cc1)C1CC1. The average Bonchev–Trinajstić information content (AvgIpc) is 3.24. The molecule has 1 N–H and O–H groups in total. The average molecular weight is 288 g/mol. The zero-order valence-electron chi connectivity index (χ0n) is 10.8. The molecule has 0 atom stereocenters. The third-order valence-electron chi connectivity index (χ3n) is 3.42. The first-order valence-electron chi connectivity index (χ1n) is 6.53. The Morgan fingerprint density at radius 1 is 1.10 bits per heavy atom. The molecular formula is C16H14ClNO2. The number of hydrogen-bond acceptors (Lipinski definition) is 1. The van der Waals surface area contributed by atoms with Gasteiger partial charge in [-0.05, 0) is 48.2 Å². The first kappa shape index (κ1) is 13.0. The van der Waals surface area contributed by atoms with Crippen molar-refractivity contribution in [3.63, 3.8) is 0 Å². The molecule has 1 aliphatic rings. The largest absolute Gasteiger partial charge is 0.465 e. The van der Waals surface area contributed by atoms with Crippen molar-refractivity contribution in [1.82, 2.24) is 0 Å². The van der Waals surface area contributed by atoms with E-state index in [1.165, 1.54) is 4.90 Å². The van der Waals surface area contributed by atoms with Crippen molar-refractivity contribution >= 4 is 23.4 Å². The summed E-state index contributed by atoms with van der Waals surface area (Å²) in [5.74, 6) is 0. The standard InChI is InChI=1S/C16H14ClNO2/c17-13-3-1-2-12(10-13)11-4-6-14(7-5-11)18(16(19)20)15-8-9-15/h1-7,10,15H,8-9H2,(H,19,20). The third-order valence-corrected chi connectivity index (χ3v) is 3.66. The summed E-state index contributed by atoms with van der Waals surface area (Å²) in [5, 5.41) is 9.96. The molecule has 1 saturated carbocycles. The van der Waals surface area contributed by atoms with E-state index in [0.717, 1.165) is 29.7 Å². The van der Waals surface area contributed by atoms with E-state index in [1.54, 1.807) is 0 Å². The van der Waals surface area contributed by atoms with Crippen LogP contribution in [0.25, 0.3) is 11.1 Å². The van der Waals surface area contributed by atoms with Gasteiger partial charge in [-0.3, -0.25) is 4.90 Å². The lowest BCUT2D eigenvalue weighted by molar-refractivity contribution is 0.201. The predicted molar refractivity (Wildman–Crippen MR) is 80.4 cm³/mol. The molecule has 1 amide bonds. The topological polar surface area (TPSA) is 40.5 Å².